The number of hydrogen-bond donors (Lipinski definition) is 0. The number of hydrogen-bond acceptors (Lipinski definition) is 5. The SMILES string of the molecule is CN1C(=O)N(CC(=O)OCc2sc3ccccc3c2Cl)C(=O)C12CCCCC2. The summed E-state index contributed by atoms with van der Waals surface area (Å²) >= 11 is 7.83. The van der Waals surface area contributed by atoms with Gasteiger partial charge in [0.15, 0.2) is 0 Å². The van der Waals surface area contributed by atoms with Crippen molar-refractivity contribution in [2.45, 2.75) is 44.2 Å². The minimum atomic E-state index is -0.787. The van der Waals surface area contributed by atoms with Gasteiger partial charge in [0.2, 0.25) is 0 Å². The number of halogens is 1. The summed E-state index contributed by atoms with van der Waals surface area (Å²) in [6.45, 7) is -0.347. The van der Waals surface area contributed by atoms with Crippen molar-refractivity contribution in [1.82, 2.24) is 9.80 Å². The number of nitrogens with zero attached hydrogens (tertiary/aromatic N) is 2. The predicted molar refractivity (Wildman–Crippen MR) is 107 cm³/mol. The van der Waals surface area contributed by atoms with Gasteiger partial charge in [-0.1, -0.05) is 49.1 Å². The monoisotopic (exact) mass is 420 g/mol. The first-order valence-electron chi connectivity index (χ1n) is 9.35. The quantitative estimate of drug-likeness (QED) is 0.549. The van der Waals surface area contributed by atoms with E-state index in [9.17, 15) is 14.4 Å². The maximum absolute atomic E-state index is 12.9. The van der Waals surface area contributed by atoms with Gasteiger partial charge in [-0.3, -0.25) is 14.5 Å². The summed E-state index contributed by atoms with van der Waals surface area (Å²) in [6, 6.07) is 7.27. The summed E-state index contributed by atoms with van der Waals surface area (Å²) in [6.07, 6.45) is 4.18. The molecule has 1 aromatic heterocycles. The second-order valence-corrected chi connectivity index (χ2v) is 8.84. The number of thiophene rings is 1. The van der Waals surface area contributed by atoms with Crippen LogP contribution in [-0.4, -0.2) is 46.8 Å². The van der Waals surface area contributed by atoms with Gasteiger partial charge in [-0.25, -0.2) is 4.79 Å². The zero-order valence-electron chi connectivity index (χ0n) is 15.6. The second-order valence-electron chi connectivity index (χ2n) is 7.32. The Morgan fingerprint density at radius 1 is 1.21 bits per heavy atom. The van der Waals surface area contributed by atoms with Crippen molar-refractivity contribution >= 4 is 50.9 Å². The molecular formula is C20H21ClN2O4S. The van der Waals surface area contributed by atoms with Gasteiger partial charge in [0.1, 0.15) is 18.7 Å². The third-order valence-corrected chi connectivity index (χ3v) is 7.42. The van der Waals surface area contributed by atoms with Crippen LogP contribution in [-0.2, 0) is 20.9 Å². The normalized spacial score (nSPS) is 19.1. The maximum atomic E-state index is 12.9. The van der Waals surface area contributed by atoms with E-state index in [0.717, 1.165) is 39.1 Å². The molecule has 0 atom stereocenters. The van der Waals surface area contributed by atoms with Crippen molar-refractivity contribution in [2.24, 2.45) is 0 Å². The number of carbonyl (C=O) groups excluding carboxylic acids is 3. The maximum Gasteiger partial charge on any atom is 0.327 e. The molecule has 0 bridgehead atoms. The first-order valence-corrected chi connectivity index (χ1v) is 10.5. The van der Waals surface area contributed by atoms with Crippen molar-refractivity contribution in [3.63, 3.8) is 0 Å². The zero-order chi connectivity index (χ0) is 19.9. The molecule has 28 heavy (non-hydrogen) atoms. The predicted octanol–water partition coefficient (Wildman–Crippen LogP) is 4.19. The van der Waals surface area contributed by atoms with E-state index in [-0.39, 0.29) is 19.1 Å². The van der Waals surface area contributed by atoms with Crippen molar-refractivity contribution < 1.29 is 19.1 Å². The van der Waals surface area contributed by atoms with E-state index in [4.69, 9.17) is 16.3 Å². The molecule has 0 radical (unpaired) electrons. The Kier molecular flexibility index (Phi) is 5.05. The molecule has 1 aromatic carbocycles. The standard InChI is InChI=1S/C20H21ClN2O4S/c1-22-19(26)23(18(25)20(22)9-5-2-6-10-20)11-16(24)27-12-15-17(21)13-7-3-4-8-14(13)28-15/h3-4,7-8H,2,5-6,9-12H2,1H3. The Hall–Kier alpha value is -2.12. The lowest BCUT2D eigenvalue weighted by Crippen LogP contribution is -2.49. The molecule has 4 rings (SSSR count). The first kappa shape index (κ1) is 19.2. The Morgan fingerprint density at radius 2 is 1.93 bits per heavy atom. The Morgan fingerprint density at radius 3 is 2.64 bits per heavy atom. The number of ether oxygens (including phenoxy) is 1. The van der Waals surface area contributed by atoms with Crippen LogP contribution in [0.3, 0.4) is 0 Å². The zero-order valence-corrected chi connectivity index (χ0v) is 17.1. The molecule has 1 spiro atoms. The molecule has 0 N–H and O–H groups in total. The summed E-state index contributed by atoms with van der Waals surface area (Å²) in [5.41, 5.74) is -0.787. The summed E-state index contributed by atoms with van der Waals surface area (Å²) < 4.78 is 6.35. The number of esters is 1. The summed E-state index contributed by atoms with van der Waals surface area (Å²) in [5.74, 6) is -0.895. The number of urea groups is 1. The Balaban J connectivity index is 1.42. The van der Waals surface area contributed by atoms with Crippen LogP contribution < -0.4 is 0 Å². The molecule has 148 valence electrons. The number of likely N-dealkylation sites (N-methyl/N-ethyl adjacent to an activating group) is 1. The van der Waals surface area contributed by atoms with Gasteiger partial charge in [0.05, 0.1) is 9.90 Å². The molecule has 2 heterocycles. The lowest BCUT2D eigenvalue weighted by atomic mass is 9.81. The highest BCUT2D eigenvalue weighted by Crippen LogP contribution is 2.39. The lowest BCUT2D eigenvalue weighted by molar-refractivity contribution is -0.149. The number of rotatable bonds is 4. The third-order valence-electron chi connectivity index (χ3n) is 5.74. The summed E-state index contributed by atoms with van der Waals surface area (Å²) in [7, 11) is 1.65. The molecule has 1 saturated carbocycles. The van der Waals surface area contributed by atoms with E-state index < -0.39 is 17.5 Å². The van der Waals surface area contributed by atoms with Crippen molar-refractivity contribution in [2.75, 3.05) is 13.6 Å². The average Bonchev–Trinajstić information content (AvgIpc) is 3.12. The minimum Gasteiger partial charge on any atom is -0.459 e. The van der Waals surface area contributed by atoms with Crippen LogP contribution >= 0.6 is 22.9 Å². The molecular weight excluding hydrogens is 400 g/mol. The molecule has 1 aliphatic carbocycles. The van der Waals surface area contributed by atoms with Crippen molar-refractivity contribution in [3.05, 3.63) is 34.2 Å². The van der Waals surface area contributed by atoms with E-state index in [1.807, 2.05) is 24.3 Å². The lowest BCUT2D eigenvalue weighted by Gasteiger charge is -2.35. The molecule has 3 amide bonds. The molecule has 2 aliphatic rings. The molecule has 6 nitrogen and oxygen atoms in total. The number of imide groups is 1. The number of fused-ring (bicyclic) bond motifs is 1. The second kappa shape index (κ2) is 7.37. The van der Waals surface area contributed by atoms with Crippen LogP contribution in [0.1, 0.15) is 37.0 Å². The van der Waals surface area contributed by atoms with Gasteiger partial charge in [-0.05, 0) is 18.9 Å². The highest BCUT2D eigenvalue weighted by molar-refractivity contribution is 7.19. The van der Waals surface area contributed by atoms with E-state index in [0.29, 0.717) is 17.9 Å². The van der Waals surface area contributed by atoms with Crippen LogP contribution in [0.25, 0.3) is 10.1 Å². The molecule has 0 unspecified atom stereocenters. The van der Waals surface area contributed by atoms with Gasteiger partial charge in [0, 0.05) is 17.1 Å². The van der Waals surface area contributed by atoms with E-state index in [2.05, 4.69) is 0 Å². The van der Waals surface area contributed by atoms with E-state index >= 15 is 0 Å². The Labute approximate surface area is 172 Å². The Bertz CT molecular complexity index is 951. The number of benzene rings is 1. The van der Waals surface area contributed by atoms with E-state index in [1.54, 1.807) is 7.05 Å². The first-order chi connectivity index (χ1) is 13.4. The topological polar surface area (TPSA) is 66.9 Å². The van der Waals surface area contributed by atoms with Crippen LogP contribution in [0.2, 0.25) is 5.02 Å². The fraction of sp³-hybridized carbons (Fsp3) is 0.450. The molecule has 2 aromatic rings. The van der Waals surface area contributed by atoms with Crippen LogP contribution in [0.4, 0.5) is 4.79 Å². The van der Waals surface area contributed by atoms with Crippen molar-refractivity contribution in [3.8, 4) is 0 Å². The smallest absolute Gasteiger partial charge is 0.327 e. The fourth-order valence-electron chi connectivity index (χ4n) is 4.15. The average molecular weight is 421 g/mol. The van der Waals surface area contributed by atoms with Gasteiger partial charge in [-0.2, -0.15) is 0 Å². The minimum absolute atomic E-state index is 0.0220. The van der Waals surface area contributed by atoms with Crippen LogP contribution in [0, 0.1) is 0 Å². The summed E-state index contributed by atoms with van der Waals surface area (Å²) in [4.78, 5) is 41.1. The molecule has 1 aliphatic heterocycles. The fourth-order valence-corrected chi connectivity index (χ4v) is 5.55. The van der Waals surface area contributed by atoms with Crippen LogP contribution in [0.5, 0.6) is 0 Å². The van der Waals surface area contributed by atoms with Crippen molar-refractivity contribution in [1.29, 1.82) is 0 Å². The van der Waals surface area contributed by atoms with Gasteiger partial charge >= 0.3 is 12.0 Å². The van der Waals surface area contributed by atoms with Crippen LogP contribution in [0.15, 0.2) is 24.3 Å². The highest BCUT2D eigenvalue weighted by atomic mass is 35.5. The highest BCUT2D eigenvalue weighted by Gasteiger charge is 2.55. The van der Waals surface area contributed by atoms with Gasteiger partial charge in [-0.15, -0.1) is 11.3 Å². The number of carbonyl (C=O) groups is 3. The number of amides is 3. The van der Waals surface area contributed by atoms with Gasteiger partial charge in [0.25, 0.3) is 5.91 Å². The third kappa shape index (κ3) is 3.06. The molecule has 2 fully saturated rings. The molecule has 1 saturated heterocycles. The van der Waals surface area contributed by atoms with Gasteiger partial charge < -0.3 is 9.64 Å². The summed E-state index contributed by atoms with van der Waals surface area (Å²) in [5, 5.41) is 1.49. The molecule has 8 heteroatoms. The largest absolute Gasteiger partial charge is 0.459 e. The van der Waals surface area contributed by atoms with E-state index in [1.165, 1.54) is 16.2 Å².